The van der Waals surface area contributed by atoms with Crippen LogP contribution in [0.4, 0.5) is 5.82 Å². The second-order valence-electron chi connectivity index (χ2n) is 8.96. The third-order valence-corrected chi connectivity index (χ3v) is 6.67. The zero-order chi connectivity index (χ0) is 19.6. The van der Waals surface area contributed by atoms with E-state index in [4.69, 9.17) is 11.6 Å². The van der Waals surface area contributed by atoms with Crippen LogP contribution in [-0.2, 0) is 0 Å². The zero-order valence-corrected chi connectivity index (χ0v) is 17.9. The highest BCUT2D eigenvalue weighted by molar-refractivity contribution is 6.32. The van der Waals surface area contributed by atoms with Crippen molar-refractivity contribution in [3.05, 3.63) is 22.8 Å². The topological polar surface area (TPSA) is 39.7 Å². The maximum Gasteiger partial charge on any atom is 0.256 e. The van der Waals surface area contributed by atoms with Crippen molar-refractivity contribution >= 4 is 23.3 Å². The van der Waals surface area contributed by atoms with E-state index < -0.39 is 0 Å². The molecule has 27 heavy (non-hydrogen) atoms. The van der Waals surface area contributed by atoms with Gasteiger partial charge in [0.15, 0.2) is 0 Å². The Balaban J connectivity index is 1.56. The van der Waals surface area contributed by atoms with Gasteiger partial charge in [0.25, 0.3) is 5.91 Å². The van der Waals surface area contributed by atoms with Gasteiger partial charge in [0.1, 0.15) is 11.0 Å². The number of carbonyl (C=O) groups is 1. The molecular formula is C21H33ClN4O. The highest BCUT2D eigenvalue weighted by Crippen LogP contribution is 2.40. The van der Waals surface area contributed by atoms with Crippen LogP contribution in [0.25, 0.3) is 0 Å². The van der Waals surface area contributed by atoms with Gasteiger partial charge in [0.05, 0.1) is 5.56 Å². The van der Waals surface area contributed by atoms with Gasteiger partial charge >= 0.3 is 0 Å². The summed E-state index contributed by atoms with van der Waals surface area (Å²) >= 11 is 6.29. The fourth-order valence-corrected chi connectivity index (χ4v) is 4.66. The van der Waals surface area contributed by atoms with Gasteiger partial charge in [0.2, 0.25) is 0 Å². The lowest BCUT2D eigenvalue weighted by atomic mass is 9.72. The summed E-state index contributed by atoms with van der Waals surface area (Å²) in [4.78, 5) is 22.9. The molecule has 0 aliphatic carbocycles. The SMILES string of the molecule is CN1CCC(C)(CC2CCN(c3ccc(C(=O)N(C)C)c(Cl)n3)CC2)CC1. The monoisotopic (exact) mass is 392 g/mol. The fourth-order valence-electron chi connectivity index (χ4n) is 4.43. The summed E-state index contributed by atoms with van der Waals surface area (Å²) in [5.74, 6) is 1.59. The number of hydrogen-bond acceptors (Lipinski definition) is 4. The van der Waals surface area contributed by atoms with Crippen molar-refractivity contribution in [2.24, 2.45) is 11.3 Å². The first-order valence-corrected chi connectivity index (χ1v) is 10.5. The Morgan fingerprint density at radius 2 is 1.85 bits per heavy atom. The van der Waals surface area contributed by atoms with E-state index in [0.29, 0.717) is 16.1 Å². The van der Waals surface area contributed by atoms with E-state index in [1.807, 2.05) is 6.07 Å². The number of anilines is 1. The second kappa shape index (κ2) is 8.36. The minimum Gasteiger partial charge on any atom is -0.357 e. The maximum atomic E-state index is 12.1. The van der Waals surface area contributed by atoms with E-state index in [2.05, 4.69) is 28.8 Å². The molecule has 2 saturated heterocycles. The van der Waals surface area contributed by atoms with Crippen molar-refractivity contribution in [3.63, 3.8) is 0 Å². The average Bonchev–Trinajstić information content (AvgIpc) is 2.64. The molecule has 2 fully saturated rings. The summed E-state index contributed by atoms with van der Waals surface area (Å²) in [6, 6.07) is 3.74. The first-order valence-electron chi connectivity index (χ1n) is 10.1. The smallest absolute Gasteiger partial charge is 0.256 e. The van der Waals surface area contributed by atoms with Gasteiger partial charge in [-0.25, -0.2) is 4.98 Å². The molecule has 0 unspecified atom stereocenters. The number of amides is 1. The zero-order valence-electron chi connectivity index (χ0n) is 17.2. The van der Waals surface area contributed by atoms with E-state index >= 15 is 0 Å². The molecule has 2 aliphatic heterocycles. The summed E-state index contributed by atoms with van der Waals surface area (Å²) < 4.78 is 0. The van der Waals surface area contributed by atoms with Crippen molar-refractivity contribution in [1.82, 2.24) is 14.8 Å². The Morgan fingerprint density at radius 1 is 1.22 bits per heavy atom. The van der Waals surface area contributed by atoms with Gasteiger partial charge in [-0.2, -0.15) is 0 Å². The molecule has 1 aromatic rings. The van der Waals surface area contributed by atoms with Crippen LogP contribution in [0.1, 0.15) is 49.4 Å². The molecule has 0 radical (unpaired) electrons. The highest BCUT2D eigenvalue weighted by atomic mass is 35.5. The highest BCUT2D eigenvalue weighted by Gasteiger charge is 2.33. The van der Waals surface area contributed by atoms with E-state index in [9.17, 15) is 4.79 Å². The van der Waals surface area contributed by atoms with E-state index in [1.165, 1.54) is 50.1 Å². The molecule has 2 aliphatic rings. The Bertz CT molecular complexity index is 662. The maximum absolute atomic E-state index is 12.1. The lowest BCUT2D eigenvalue weighted by molar-refractivity contribution is 0.0827. The summed E-state index contributed by atoms with van der Waals surface area (Å²) in [6.07, 6.45) is 6.41. The number of likely N-dealkylation sites (tertiary alicyclic amines) is 1. The third-order valence-electron chi connectivity index (χ3n) is 6.38. The second-order valence-corrected chi connectivity index (χ2v) is 9.31. The summed E-state index contributed by atoms with van der Waals surface area (Å²) in [7, 11) is 5.68. The molecule has 5 nitrogen and oxygen atoms in total. The number of aromatic nitrogens is 1. The van der Waals surface area contributed by atoms with Crippen LogP contribution in [0.2, 0.25) is 5.15 Å². The predicted molar refractivity (Wildman–Crippen MR) is 112 cm³/mol. The number of halogens is 1. The van der Waals surface area contributed by atoms with Gasteiger partial charge in [-0.3, -0.25) is 4.79 Å². The number of hydrogen-bond donors (Lipinski definition) is 0. The Hall–Kier alpha value is -1.33. The molecule has 0 saturated carbocycles. The van der Waals surface area contributed by atoms with Gasteiger partial charge in [-0.05, 0) is 75.7 Å². The lowest BCUT2D eigenvalue weighted by Crippen LogP contribution is -2.40. The number of nitrogens with zero attached hydrogens (tertiary/aromatic N) is 4. The molecule has 3 rings (SSSR count). The van der Waals surface area contributed by atoms with Crippen molar-refractivity contribution in [2.45, 2.75) is 39.0 Å². The van der Waals surface area contributed by atoms with Crippen molar-refractivity contribution in [3.8, 4) is 0 Å². The first-order chi connectivity index (χ1) is 12.8. The lowest BCUT2D eigenvalue weighted by Gasteiger charge is -2.42. The van der Waals surface area contributed by atoms with Crippen molar-refractivity contribution < 1.29 is 4.79 Å². The van der Waals surface area contributed by atoms with Crippen LogP contribution in [0.5, 0.6) is 0 Å². The average molecular weight is 393 g/mol. The summed E-state index contributed by atoms with van der Waals surface area (Å²) in [6.45, 7) is 6.98. The predicted octanol–water partition coefficient (Wildman–Crippen LogP) is 3.78. The molecular weight excluding hydrogens is 360 g/mol. The Labute approximate surface area is 168 Å². The van der Waals surface area contributed by atoms with Gasteiger partial charge in [-0.1, -0.05) is 18.5 Å². The minimum atomic E-state index is -0.107. The normalized spacial score (nSPS) is 21.3. The van der Waals surface area contributed by atoms with Gasteiger partial charge in [0, 0.05) is 27.2 Å². The minimum absolute atomic E-state index is 0.107. The number of rotatable bonds is 4. The van der Waals surface area contributed by atoms with Crippen LogP contribution >= 0.6 is 11.6 Å². The van der Waals surface area contributed by atoms with Gasteiger partial charge in [-0.15, -0.1) is 0 Å². The van der Waals surface area contributed by atoms with Crippen molar-refractivity contribution in [2.75, 3.05) is 52.2 Å². The summed E-state index contributed by atoms with van der Waals surface area (Å²) in [5.41, 5.74) is 0.977. The summed E-state index contributed by atoms with van der Waals surface area (Å²) in [5, 5.41) is 0.298. The van der Waals surface area contributed by atoms with Crippen LogP contribution in [-0.4, -0.2) is 68.0 Å². The molecule has 1 aromatic heterocycles. The van der Waals surface area contributed by atoms with E-state index in [-0.39, 0.29) is 5.91 Å². The molecule has 0 atom stereocenters. The first kappa shape index (κ1) is 20.4. The van der Waals surface area contributed by atoms with Crippen molar-refractivity contribution in [1.29, 1.82) is 0 Å². The molecule has 0 aromatic carbocycles. The molecule has 0 N–H and O–H groups in total. The molecule has 0 spiro atoms. The van der Waals surface area contributed by atoms with Crippen LogP contribution in [0.3, 0.4) is 0 Å². The Kier molecular flexibility index (Phi) is 6.32. The molecule has 1 amide bonds. The van der Waals surface area contributed by atoms with Crippen LogP contribution in [0.15, 0.2) is 12.1 Å². The Morgan fingerprint density at radius 3 is 2.41 bits per heavy atom. The van der Waals surface area contributed by atoms with Crippen LogP contribution in [0, 0.1) is 11.3 Å². The van der Waals surface area contributed by atoms with E-state index in [1.54, 1.807) is 20.2 Å². The third kappa shape index (κ3) is 4.94. The number of pyridine rings is 1. The van der Waals surface area contributed by atoms with Crippen LogP contribution < -0.4 is 4.90 Å². The number of piperidine rings is 2. The van der Waals surface area contributed by atoms with E-state index in [0.717, 1.165) is 24.8 Å². The number of carbonyl (C=O) groups excluding carboxylic acids is 1. The fraction of sp³-hybridized carbons (Fsp3) is 0.714. The largest absolute Gasteiger partial charge is 0.357 e. The quantitative estimate of drug-likeness (QED) is 0.731. The molecule has 3 heterocycles. The standard InChI is InChI=1S/C21H33ClN4O/c1-21(9-13-25(4)14-10-21)15-16-7-11-26(12-8-16)18-6-5-17(19(22)23-18)20(27)24(2)3/h5-6,16H,7-15H2,1-4H3. The van der Waals surface area contributed by atoms with Gasteiger partial charge < -0.3 is 14.7 Å². The molecule has 6 heteroatoms. The molecule has 150 valence electrons. The molecule has 0 bridgehead atoms.